The van der Waals surface area contributed by atoms with Crippen LogP contribution in [0.3, 0.4) is 0 Å². The van der Waals surface area contributed by atoms with Crippen LogP contribution in [0.2, 0.25) is 0 Å². The van der Waals surface area contributed by atoms with Gasteiger partial charge in [0, 0.05) is 5.56 Å². The summed E-state index contributed by atoms with van der Waals surface area (Å²) < 4.78 is 29.7. The van der Waals surface area contributed by atoms with Crippen molar-refractivity contribution in [1.29, 1.82) is 0 Å². The number of rotatable bonds is 6. The summed E-state index contributed by atoms with van der Waals surface area (Å²) in [6.45, 7) is 0.200. The second-order valence-corrected chi connectivity index (χ2v) is 6.53. The Labute approximate surface area is 173 Å². The predicted octanol–water partition coefficient (Wildman–Crippen LogP) is 4.76. The third-order valence-electron chi connectivity index (χ3n) is 4.42. The molecule has 5 nitrogen and oxygen atoms in total. The Kier molecular flexibility index (Phi) is 5.57. The van der Waals surface area contributed by atoms with E-state index in [2.05, 4.69) is 4.99 Å². The molecule has 0 saturated heterocycles. The van der Waals surface area contributed by atoms with Crippen LogP contribution < -0.4 is 9.47 Å². The van der Waals surface area contributed by atoms with Crippen LogP contribution in [-0.4, -0.2) is 19.0 Å². The largest absolute Gasteiger partial charge is 0.493 e. The molecule has 0 spiro atoms. The standard InChI is InChI=1S/C24H18FNO4/c1-28-22-14-16(10-11-21(22)29-15-17-6-5-9-19(25)12-17)13-20-24(27)30-23(26-20)18-7-3-2-4-8-18/h2-14H,15H2,1H3/b20-13-. The van der Waals surface area contributed by atoms with Crippen LogP contribution in [-0.2, 0) is 16.1 Å². The Bertz CT molecular complexity index is 1140. The number of carbonyl (C=O) groups is 1. The molecule has 1 aliphatic rings. The number of methoxy groups -OCH3 is 1. The quantitative estimate of drug-likeness (QED) is 0.440. The van der Waals surface area contributed by atoms with E-state index in [-0.39, 0.29) is 24.0 Å². The minimum Gasteiger partial charge on any atom is -0.493 e. The molecule has 0 aromatic heterocycles. The molecule has 0 fully saturated rings. The topological polar surface area (TPSA) is 57.1 Å². The first-order valence-electron chi connectivity index (χ1n) is 9.25. The molecule has 0 saturated carbocycles. The van der Waals surface area contributed by atoms with Gasteiger partial charge in [-0.05, 0) is 53.6 Å². The minimum absolute atomic E-state index is 0.198. The average Bonchev–Trinajstić information content (AvgIpc) is 3.13. The Morgan fingerprint density at radius 1 is 1.00 bits per heavy atom. The highest BCUT2D eigenvalue weighted by molar-refractivity contribution is 6.12. The van der Waals surface area contributed by atoms with Crippen molar-refractivity contribution in [2.75, 3.05) is 7.11 Å². The molecule has 6 heteroatoms. The van der Waals surface area contributed by atoms with E-state index in [4.69, 9.17) is 14.2 Å². The van der Waals surface area contributed by atoms with Gasteiger partial charge in [-0.3, -0.25) is 0 Å². The van der Waals surface area contributed by atoms with Crippen LogP contribution in [0, 0.1) is 5.82 Å². The molecular formula is C24H18FNO4. The van der Waals surface area contributed by atoms with Crippen LogP contribution in [0.15, 0.2) is 83.5 Å². The molecule has 1 aliphatic heterocycles. The zero-order valence-corrected chi connectivity index (χ0v) is 16.2. The van der Waals surface area contributed by atoms with E-state index in [0.717, 1.165) is 5.56 Å². The van der Waals surface area contributed by atoms with Crippen molar-refractivity contribution >= 4 is 17.9 Å². The van der Waals surface area contributed by atoms with E-state index in [9.17, 15) is 9.18 Å². The molecule has 0 unspecified atom stereocenters. The molecule has 0 radical (unpaired) electrons. The number of benzene rings is 3. The minimum atomic E-state index is -0.515. The Morgan fingerprint density at radius 2 is 1.83 bits per heavy atom. The average molecular weight is 403 g/mol. The second kappa shape index (κ2) is 8.61. The molecule has 3 aromatic carbocycles. The van der Waals surface area contributed by atoms with E-state index in [1.54, 1.807) is 36.4 Å². The van der Waals surface area contributed by atoms with Crippen molar-refractivity contribution in [3.05, 3.63) is 101 Å². The number of nitrogens with zero attached hydrogens (tertiary/aromatic N) is 1. The summed E-state index contributed by atoms with van der Waals surface area (Å²) >= 11 is 0. The molecule has 1 heterocycles. The first-order chi connectivity index (χ1) is 14.6. The summed E-state index contributed by atoms with van der Waals surface area (Å²) in [5.74, 6) is 0.433. The fraction of sp³-hybridized carbons (Fsp3) is 0.0833. The van der Waals surface area contributed by atoms with Crippen molar-refractivity contribution in [1.82, 2.24) is 0 Å². The monoisotopic (exact) mass is 403 g/mol. The van der Waals surface area contributed by atoms with Crippen LogP contribution >= 0.6 is 0 Å². The Hall–Kier alpha value is -3.93. The number of cyclic esters (lactones) is 1. The predicted molar refractivity (Wildman–Crippen MR) is 111 cm³/mol. The Morgan fingerprint density at radius 3 is 2.60 bits per heavy atom. The van der Waals surface area contributed by atoms with E-state index >= 15 is 0 Å². The third-order valence-corrected chi connectivity index (χ3v) is 4.42. The fourth-order valence-corrected chi connectivity index (χ4v) is 2.95. The van der Waals surface area contributed by atoms with Crippen LogP contribution in [0.4, 0.5) is 4.39 Å². The molecule has 0 N–H and O–H groups in total. The normalized spacial score (nSPS) is 14.4. The second-order valence-electron chi connectivity index (χ2n) is 6.53. The smallest absolute Gasteiger partial charge is 0.363 e. The van der Waals surface area contributed by atoms with Gasteiger partial charge in [-0.15, -0.1) is 0 Å². The van der Waals surface area contributed by atoms with Crippen molar-refractivity contribution in [2.24, 2.45) is 4.99 Å². The van der Waals surface area contributed by atoms with Gasteiger partial charge >= 0.3 is 5.97 Å². The molecule has 4 rings (SSSR count). The maximum atomic E-state index is 13.3. The number of esters is 1. The zero-order chi connectivity index (χ0) is 20.9. The SMILES string of the molecule is COc1cc(/C=C2\N=C(c3ccccc3)OC2=O)ccc1OCc1cccc(F)c1. The molecule has 3 aromatic rings. The molecular weight excluding hydrogens is 385 g/mol. The van der Waals surface area contributed by atoms with E-state index in [1.165, 1.54) is 19.2 Å². The lowest BCUT2D eigenvalue weighted by molar-refractivity contribution is -0.129. The van der Waals surface area contributed by atoms with E-state index in [0.29, 0.717) is 22.6 Å². The van der Waals surface area contributed by atoms with Gasteiger partial charge in [0.2, 0.25) is 5.90 Å². The van der Waals surface area contributed by atoms with E-state index in [1.807, 2.05) is 30.3 Å². The van der Waals surface area contributed by atoms with Gasteiger partial charge in [0.1, 0.15) is 12.4 Å². The number of ether oxygens (including phenoxy) is 3. The number of hydrogen-bond acceptors (Lipinski definition) is 5. The fourth-order valence-electron chi connectivity index (χ4n) is 2.95. The summed E-state index contributed by atoms with van der Waals surface area (Å²) in [6, 6.07) is 20.7. The van der Waals surface area contributed by atoms with Gasteiger partial charge in [-0.25, -0.2) is 14.2 Å². The molecule has 0 bridgehead atoms. The molecule has 150 valence electrons. The maximum absolute atomic E-state index is 13.3. The number of aliphatic imine (C=N–C) groups is 1. The van der Waals surface area contributed by atoms with Gasteiger partial charge in [0.15, 0.2) is 17.2 Å². The summed E-state index contributed by atoms with van der Waals surface area (Å²) in [6.07, 6.45) is 1.62. The number of carbonyl (C=O) groups excluding carboxylic acids is 1. The number of halogens is 1. The van der Waals surface area contributed by atoms with E-state index < -0.39 is 5.97 Å². The molecule has 0 atom stereocenters. The van der Waals surface area contributed by atoms with Crippen molar-refractivity contribution < 1.29 is 23.4 Å². The third kappa shape index (κ3) is 4.38. The zero-order valence-electron chi connectivity index (χ0n) is 16.2. The maximum Gasteiger partial charge on any atom is 0.363 e. The highest BCUT2D eigenvalue weighted by Crippen LogP contribution is 2.30. The van der Waals surface area contributed by atoms with Gasteiger partial charge in [-0.2, -0.15) is 0 Å². The van der Waals surface area contributed by atoms with Crippen molar-refractivity contribution in [3.63, 3.8) is 0 Å². The molecule has 30 heavy (non-hydrogen) atoms. The summed E-state index contributed by atoms with van der Waals surface area (Å²) in [5.41, 5.74) is 2.34. The first-order valence-corrected chi connectivity index (χ1v) is 9.25. The lowest BCUT2D eigenvalue weighted by Crippen LogP contribution is -2.04. The summed E-state index contributed by atoms with van der Waals surface area (Å²) in [5, 5.41) is 0. The highest BCUT2D eigenvalue weighted by atomic mass is 19.1. The first kappa shape index (κ1) is 19.4. The summed E-state index contributed by atoms with van der Waals surface area (Å²) in [4.78, 5) is 16.5. The lowest BCUT2D eigenvalue weighted by Gasteiger charge is -2.11. The van der Waals surface area contributed by atoms with Crippen LogP contribution in [0.5, 0.6) is 11.5 Å². The van der Waals surface area contributed by atoms with Crippen LogP contribution in [0.1, 0.15) is 16.7 Å². The lowest BCUT2D eigenvalue weighted by atomic mass is 10.1. The van der Waals surface area contributed by atoms with Gasteiger partial charge in [0.25, 0.3) is 0 Å². The van der Waals surface area contributed by atoms with Crippen molar-refractivity contribution in [2.45, 2.75) is 6.61 Å². The van der Waals surface area contributed by atoms with Gasteiger partial charge in [-0.1, -0.05) is 36.4 Å². The summed E-state index contributed by atoms with van der Waals surface area (Å²) in [7, 11) is 1.52. The van der Waals surface area contributed by atoms with Gasteiger partial charge < -0.3 is 14.2 Å². The Balaban J connectivity index is 1.54. The van der Waals surface area contributed by atoms with Crippen LogP contribution in [0.25, 0.3) is 6.08 Å². The van der Waals surface area contributed by atoms with Crippen molar-refractivity contribution in [3.8, 4) is 11.5 Å². The number of hydrogen-bond donors (Lipinski definition) is 0. The molecule has 0 aliphatic carbocycles. The molecule has 0 amide bonds. The highest BCUT2D eigenvalue weighted by Gasteiger charge is 2.24. The van der Waals surface area contributed by atoms with Gasteiger partial charge in [0.05, 0.1) is 7.11 Å².